The van der Waals surface area contributed by atoms with Gasteiger partial charge in [-0.15, -0.1) is 0 Å². The molecule has 2 aromatic heterocycles. The molecule has 0 radical (unpaired) electrons. The Bertz CT molecular complexity index is 1440. The summed E-state index contributed by atoms with van der Waals surface area (Å²) in [6, 6.07) is 11.1. The van der Waals surface area contributed by atoms with E-state index in [0.717, 1.165) is 29.8 Å². The molecule has 0 saturated heterocycles. The molecule has 8 nitrogen and oxygen atoms in total. The summed E-state index contributed by atoms with van der Waals surface area (Å²) in [4.78, 5) is 32.5. The first-order valence-corrected chi connectivity index (χ1v) is 10.2. The molecule has 4 rings (SSSR count). The number of aromatic amines is 1. The van der Waals surface area contributed by atoms with Crippen LogP contribution < -0.4 is 11.1 Å². The number of anilines is 2. The zero-order valence-corrected chi connectivity index (χ0v) is 18.5. The van der Waals surface area contributed by atoms with Gasteiger partial charge in [0.1, 0.15) is 11.3 Å². The van der Waals surface area contributed by atoms with E-state index >= 15 is 0 Å². The molecule has 188 valence electrons. The summed E-state index contributed by atoms with van der Waals surface area (Å²) in [5.41, 5.74) is 9.06. The summed E-state index contributed by atoms with van der Waals surface area (Å²) in [5, 5.41) is 10.4. The highest BCUT2D eigenvalue weighted by Gasteiger charge is 2.38. The molecule has 0 aliphatic rings. The summed E-state index contributed by atoms with van der Waals surface area (Å²) in [5.74, 6) is -5.05. The number of imidazole rings is 1. The van der Waals surface area contributed by atoms with Gasteiger partial charge in [0.05, 0.1) is 11.3 Å². The molecular weight excluding hydrogens is 489 g/mol. The zero-order chi connectivity index (χ0) is 26.6. The lowest BCUT2D eigenvalue weighted by Gasteiger charge is -2.13. The summed E-state index contributed by atoms with van der Waals surface area (Å²) < 4.78 is 58.6. The van der Waals surface area contributed by atoms with Crippen LogP contribution in [0.4, 0.5) is 33.3 Å². The van der Waals surface area contributed by atoms with E-state index in [1.807, 2.05) is 31.2 Å². The van der Waals surface area contributed by atoms with E-state index in [1.54, 1.807) is 0 Å². The monoisotopic (exact) mass is 507 g/mol. The molecule has 0 unspecified atom stereocenters. The summed E-state index contributed by atoms with van der Waals surface area (Å²) in [7, 11) is 0. The highest BCUT2D eigenvalue weighted by atomic mass is 19.4. The van der Waals surface area contributed by atoms with Crippen LogP contribution in [-0.4, -0.2) is 38.1 Å². The van der Waals surface area contributed by atoms with E-state index in [-0.39, 0.29) is 5.56 Å². The highest BCUT2D eigenvalue weighted by molar-refractivity contribution is 6.06. The second-order valence-corrected chi connectivity index (χ2v) is 7.26. The number of nitrogens with zero attached hydrogens (tertiary/aromatic N) is 2. The van der Waals surface area contributed by atoms with Crippen molar-refractivity contribution in [2.75, 3.05) is 5.32 Å². The fraction of sp³-hybridized carbons (Fsp3) is 0.130. The van der Waals surface area contributed by atoms with Crippen molar-refractivity contribution in [1.29, 1.82) is 0 Å². The smallest absolute Gasteiger partial charge is 0.475 e. The van der Waals surface area contributed by atoms with Crippen molar-refractivity contribution in [3.8, 4) is 11.4 Å². The number of H-pyrrole nitrogens is 1. The maximum absolute atomic E-state index is 13.6. The Balaban J connectivity index is 0.000000454. The van der Waals surface area contributed by atoms with Crippen LogP contribution in [0.1, 0.15) is 22.8 Å². The van der Waals surface area contributed by atoms with Crippen LogP contribution in [0.15, 0.2) is 48.7 Å². The molecule has 36 heavy (non-hydrogen) atoms. The minimum Gasteiger partial charge on any atom is -0.475 e. The number of hydrogen-bond donors (Lipinski definition) is 4. The quantitative estimate of drug-likeness (QED) is 0.283. The van der Waals surface area contributed by atoms with Gasteiger partial charge in [-0.25, -0.2) is 23.5 Å². The minimum atomic E-state index is -5.08. The van der Waals surface area contributed by atoms with Crippen molar-refractivity contribution in [2.24, 2.45) is 5.73 Å². The number of nitrogens with one attached hydrogen (secondary N) is 2. The van der Waals surface area contributed by atoms with Gasteiger partial charge in [-0.1, -0.05) is 25.1 Å². The number of carboxylic acids is 1. The lowest BCUT2D eigenvalue weighted by Crippen LogP contribution is -2.21. The van der Waals surface area contributed by atoms with E-state index in [1.165, 1.54) is 12.3 Å². The molecule has 2 heterocycles. The molecule has 2 aromatic carbocycles. The number of alkyl halides is 3. The van der Waals surface area contributed by atoms with Gasteiger partial charge in [0.15, 0.2) is 17.3 Å². The third-order valence-corrected chi connectivity index (χ3v) is 4.87. The fourth-order valence-corrected chi connectivity index (χ4v) is 3.13. The minimum absolute atomic E-state index is 0.173. The Morgan fingerprint density at radius 1 is 1.11 bits per heavy atom. The third-order valence-electron chi connectivity index (χ3n) is 4.87. The first-order valence-electron chi connectivity index (χ1n) is 10.2. The Labute approximate surface area is 200 Å². The maximum atomic E-state index is 13.6. The topological polar surface area (TPSA) is 134 Å². The fourth-order valence-electron chi connectivity index (χ4n) is 3.13. The third kappa shape index (κ3) is 5.74. The van der Waals surface area contributed by atoms with E-state index in [2.05, 4.69) is 20.3 Å². The van der Waals surface area contributed by atoms with Crippen molar-refractivity contribution in [1.82, 2.24) is 15.0 Å². The van der Waals surface area contributed by atoms with Crippen LogP contribution >= 0.6 is 0 Å². The van der Waals surface area contributed by atoms with Crippen molar-refractivity contribution < 1.29 is 36.6 Å². The summed E-state index contributed by atoms with van der Waals surface area (Å²) in [6.07, 6.45) is -2.95. The normalized spacial score (nSPS) is 11.1. The lowest BCUT2D eigenvalue weighted by atomic mass is 10.1. The van der Waals surface area contributed by atoms with Crippen LogP contribution in [0.5, 0.6) is 0 Å². The van der Waals surface area contributed by atoms with Gasteiger partial charge < -0.3 is 21.1 Å². The van der Waals surface area contributed by atoms with Gasteiger partial charge in [0.2, 0.25) is 0 Å². The number of rotatable bonds is 5. The van der Waals surface area contributed by atoms with Gasteiger partial charge in [-0.2, -0.15) is 13.2 Å². The molecule has 1 amide bonds. The Kier molecular flexibility index (Phi) is 7.51. The predicted molar refractivity (Wildman–Crippen MR) is 121 cm³/mol. The van der Waals surface area contributed by atoms with Gasteiger partial charge in [-0.05, 0) is 36.2 Å². The second-order valence-electron chi connectivity index (χ2n) is 7.26. The number of aliphatic carboxylic acids is 1. The van der Waals surface area contributed by atoms with Crippen molar-refractivity contribution >= 4 is 34.4 Å². The first-order chi connectivity index (χ1) is 16.9. The Morgan fingerprint density at radius 3 is 2.36 bits per heavy atom. The largest absolute Gasteiger partial charge is 0.490 e. The number of benzene rings is 2. The molecule has 0 aliphatic carbocycles. The first kappa shape index (κ1) is 26.1. The SMILES string of the molecule is CCc1ccccc1Nc1c(C(N)=O)cnc2[nH]c(-c3ccc(F)c(F)c3)nc12.O=C(O)C(F)(F)F. The highest BCUT2D eigenvalue weighted by Crippen LogP contribution is 2.31. The number of hydrogen-bond acceptors (Lipinski definition) is 5. The van der Waals surface area contributed by atoms with E-state index in [9.17, 15) is 26.7 Å². The maximum Gasteiger partial charge on any atom is 0.490 e. The van der Waals surface area contributed by atoms with Gasteiger partial charge >= 0.3 is 12.1 Å². The van der Waals surface area contributed by atoms with E-state index in [4.69, 9.17) is 15.6 Å². The number of aryl methyl sites for hydroxylation is 1. The molecule has 13 heteroatoms. The molecule has 0 atom stereocenters. The van der Waals surface area contributed by atoms with Crippen molar-refractivity contribution in [3.05, 3.63) is 71.4 Å². The van der Waals surface area contributed by atoms with Crippen molar-refractivity contribution in [3.63, 3.8) is 0 Å². The number of primary amides is 1. The predicted octanol–water partition coefficient (Wildman–Crippen LogP) is 4.94. The van der Waals surface area contributed by atoms with Gasteiger partial charge in [0.25, 0.3) is 5.91 Å². The molecular formula is C23H18F5N5O3. The lowest BCUT2D eigenvalue weighted by molar-refractivity contribution is -0.192. The van der Waals surface area contributed by atoms with Crippen LogP contribution in [0, 0.1) is 11.6 Å². The number of halogens is 5. The van der Waals surface area contributed by atoms with Gasteiger partial charge in [0, 0.05) is 17.4 Å². The molecule has 0 saturated carbocycles. The number of amides is 1. The molecule has 0 bridgehead atoms. The van der Waals surface area contributed by atoms with E-state index < -0.39 is 29.7 Å². The molecule has 0 fully saturated rings. The number of carboxylic acid groups (broad SMARTS) is 1. The Morgan fingerprint density at radius 2 is 1.78 bits per heavy atom. The van der Waals surface area contributed by atoms with E-state index in [0.29, 0.717) is 28.2 Å². The summed E-state index contributed by atoms with van der Waals surface area (Å²) in [6.45, 7) is 2.02. The van der Waals surface area contributed by atoms with Gasteiger partial charge in [-0.3, -0.25) is 4.79 Å². The molecule has 5 N–H and O–H groups in total. The Hall–Kier alpha value is -4.55. The van der Waals surface area contributed by atoms with Crippen molar-refractivity contribution in [2.45, 2.75) is 19.5 Å². The average molecular weight is 507 g/mol. The number of para-hydroxylation sites is 1. The average Bonchev–Trinajstić information content (AvgIpc) is 3.26. The molecule has 0 aliphatic heterocycles. The number of aromatic nitrogens is 3. The number of pyridine rings is 1. The number of nitrogens with two attached hydrogens (primary N) is 1. The van der Waals surface area contributed by atoms with Crippen LogP contribution in [0.3, 0.4) is 0 Å². The van der Waals surface area contributed by atoms with Crippen LogP contribution in [-0.2, 0) is 11.2 Å². The van der Waals surface area contributed by atoms with Crippen LogP contribution in [0.25, 0.3) is 22.6 Å². The number of carbonyl (C=O) groups is 2. The zero-order valence-electron chi connectivity index (χ0n) is 18.5. The van der Waals surface area contributed by atoms with Crippen LogP contribution in [0.2, 0.25) is 0 Å². The second kappa shape index (κ2) is 10.4. The summed E-state index contributed by atoms with van der Waals surface area (Å²) >= 11 is 0. The molecule has 0 spiro atoms. The number of fused-ring (bicyclic) bond motifs is 1. The molecule has 4 aromatic rings. The number of carbonyl (C=O) groups excluding carboxylic acids is 1. The standard InChI is InChI=1S/C21H17F2N5O.C2HF3O2/c1-2-11-5-3-4-6-16(11)26-17-13(19(24)29)10-25-21-18(17)27-20(28-21)12-7-8-14(22)15(23)9-12;3-2(4,5)1(6)7/h3-10H,2H2,1H3,(H2,24,29)(H2,25,26,27,28);(H,6,7).